The maximum Gasteiger partial charge on any atom is 0.318 e. The van der Waals surface area contributed by atoms with Crippen LogP contribution in [0.3, 0.4) is 0 Å². The highest BCUT2D eigenvalue weighted by atomic mass is 16.8. The average molecular weight is 499 g/mol. The van der Waals surface area contributed by atoms with Gasteiger partial charge in [-0.15, -0.1) is 0 Å². The van der Waals surface area contributed by atoms with Gasteiger partial charge in [0.2, 0.25) is 29.4 Å². The molecule has 7 nitrogen and oxygen atoms in total. The summed E-state index contributed by atoms with van der Waals surface area (Å²) in [5, 5.41) is 0. The van der Waals surface area contributed by atoms with Gasteiger partial charge >= 0.3 is 5.95 Å². The Morgan fingerprint density at radius 3 is 2.08 bits per heavy atom. The fourth-order valence-corrected chi connectivity index (χ4v) is 4.41. The third kappa shape index (κ3) is 7.64. The van der Waals surface area contributed by atoms with Gasteiger partial charge in [-0.05, 0) is 31.7 Å². The lowest BCUT2D eigenvalue weighted by atomic mass is 9.89. The number of Topliss-reactive ketones (excluding diaryl/α,β-unsaturated/α-hetero) is 2. The van der Waals surface area contributed by atoms with E-state index in [1.54, 1.807) is 13.2 Å². The highest BCUT2D eigenvalue weighted by Gasteiger charge is 2.34. The highest BCUT2D eigenvalue weighted by Crippen LogP contribution is 2.29. The summed E-state index contributed by atoms with van der Waals surface area (Å²) in [7, 11) is 2.77. The van der Waals surface area contributed by atoms with Gasteiger partial charge in [0, 0.05) is 17.6 Å². The van der Waals surface area contributed by atoms with Crippen LogP contribution in [-0.4, -0.2) is 38.7 Å². The molecule has 0 aromatic heterocycles. The Morgan fingerprint density at radius 2 is 1.42 bits per heavy atom. The lowest BCUT2D eigenvalue weighted by molar-refractivity contribution is -0.121. The third-order valence-corrected chi connectivity index (χ3v) is 6.47. The summed E-state index contributed by atoms with van der Waals surface area (Å²) in [5.41, 5.74) is 2.19. The molecule has 1 aliphatic heterocycles. The second kappa shape index (κ2) is 14.4. The molecule has 0 saturated heterocycles. The second-order valence-electron chi connectivity index (χ2n) is 9.07. The van der Waals surface area contributed by atoms with Crippen molar-refractivity contribution in [3.8, 4) is 0 Å². The molecule has 0 radical (unpaired) electrons. The Kier molecular flexibility index (Phi) is 10.9. The van der Waals surface area contributed by atoms with Crippen LogP contribution in [0.4, 0.5) is 0 Å². The third-order valence-electron chi connectivity index (χ3n) is 6.47. The Bertz CT molecular complexity index is 975. The zero-order chi connectivity index (χ0) is 25.8. The summed E-state index contributed by atoms with van der Waals surface area (Å²) in [6.07, 6.45) is 11.1. The molecule has 2 aliphatic rings. The van der Waals surface area contributed by atoms with Crippen molar-refractivity contribution in [1.29, 1.82) is 0 Å². The van der Waals surface area contributed by atoms with Gasteiger partial charge in [-0.2, -0.15) is 0 Å². The van der Waals surface area contributed by atoms with E-state index >= 15 is 0 Å². The number of ketones is 2. The largest absolute Gasteiger partial charge is 0.489 e. The molecule has 0 fully saturated rings. The van der Waals surface area contributed by atoms with Crippen molar-refractivity contribution in [2.24, 2.45) is 0 Å². The van der Waals surface area contributed by atoms with Crippen LogP contribution in [0.15, 0.2) is 65.2 Å². The number of ether oxygens (including phenoxy) is 5. The van der Waals surface area contributed by atoms with E-state index in [0.29, 0.717) is 36.5 Å². The quantitative estimate of drug-likeness (QED) is 0.207. The van der Waals surface area contributed by atoms with Gasteiger partial charge in [0.25, 0.3) is 0 Å². The van der Waals surface area contributed by atoms with Crippen molar-refractivity contribution in [1.82, 2.24) is 0 Å². The van der Waals surface area contributed by atoms with Crippen LogP contribution in [0.5, 0.6) is 0 Å². The normalized spacial score (nSPS) is 17.6. The number of benzene rings is 1. The standard InChI is InChI=1S/C29H38O7/c1-21-23(27(31)29(33-3)28(32-2)26(21)30)17-13-8-6-4-5-7-9-14-18-34-25-20-35-24(36-25)19-22-15-11-10-12-16-22/h10-12,15-16,20,24H,4-9,13-14,17-19H2,1-3H3. The first kappa shape index (κ1) is 27.4. The van der Waals surface area contributed by atoms with Crippen molar-refractivity contribution in [2.45, 2.75) is 77.4 Å². The molecule has 1 unspecified atom stereocenters. The van der Waals surface area contributed by atoms with Crippen molar-refractivity contribution < 1.29 is 33.3 Å². The molecule has 36 heavy (non-hydrogen) atoms. The Balaban J connectivity index is 1.19. The van der Waals surface area contributed by atoms with E-state index in [1.807, 2.05) is 18.2 Å². The Morgan fingerprint density at radius 1 is 0.806 bits per heavy atom. The minimum atomic E-state index is -0.319. The van der Waals surface area contributed by atoms with Gasteiger partial charge in [0.15, 0.2) is 6.26 Å². The SMILES string of the molecule is COC1=C(OC)C(=O)C(CCCCCCCCCCOC2=COC(Cc3ccccc3)O2)=C(C)C1=O. The minimum absolute atomic E-state index is 0.00206. The first-order valence-corrected chi connectivity index (χ1v) is 12.9. The molecule has 0 spiro atoms. The molecular formula is C29H38O7. The predicted octanol–water partition coefficient (Wildman–Crippen LogP) is 5.90. The Hall–Kier alpha value is -3.22. The zero-order valence-corrected chi connectivity index (χ0v) is 21.7. The minimum Gasteiger partial charge on any atom is -0.489 e. The molecule has 1 aromatic carbocycles. The van der Waals surface area contributed by atoms with E-state index in [0.717, 1.165) is 44.9 Å². The van der Waals surface area contributed by atoms with E-state index < -0.39 is 0 Å². The van der Waals surface area contributed by atoms with Crippen LogP contribution in [0.1, 0.15) is 70.3 Å². The molecule has 1 atom stereocenters. The summed E-state index contributed by atoms with van der Waals surface area (Å²) < 4.78 is 27.1. The van der Waals surface area contributed by atoms with Gasteiger partial charge < -0.3 is 23.7 Å². The molecule has 0 saturated carbocycles. The molecule has 7 heteroatoms. The number of carbonyl (C=O) groups is 2. The maximum absolute atomic E-state index is 12.6. The number of carbonyl (C=O) groups excluding carboxylic acids is 2. The van der Waals surface area contributed by atoms with Crippen LogP contribution in [0, 0.1) is 0 Å². The average Bonchev–Trinajstić information content (AvgIpc) is 3.33. The first-order valence-electron chi connectivity index (χ1n) is 12.9. The molecule has 196 valence electrons. The smallest absolute Gasteiger partial charge is 0.318 e. The molecule has 0 bridgehead atoms. The van der Waals surface area contributed by atoms with Crippen molar-refractivity contribution >= 4 is 11.6 Å². The monoisotopic (exact) mass is 498 g/mol. The lowest BCUT2D eigenvalue weighted by Crippen LogP contribution is -2.25. The van der Waals surface area contributed by atoms with Gasteiger partial charge in [0.1, 0.15) is 0 Å². The Labute approximate surface area is 214 Å². The summed E-state index contributed by atoms with van der Waals surface area (Å²) in [6.45, 7) is 2.31. The fourth-order valence-electron chi connectivity index (χ4n) is 4.41. The lowest BCUT2D eigenvalue weighted by Gasteiger charge is -2.20. The number of allylic oxidation sites excluding steroid dienone is 2. The highest BCUT2D eigenvalue weighted by molar-refractivity contribution is 6.23. The maximum atomic E-state index is 12.6. The van der Waals surface area contributed by atoms with E-state index in [9.17, 15) is 9.59 Å². The topological polar surface area (TPSA) is 80.3 Å². The van der Waals surface area contributed by atoms with Crippen LogP contribution in [0.25, 0.3) is 0 Å². The summed E-state index contributed by atoms with van der Waals surface area (Å²) in [5.74, 6) is -0.00966. The number of hydrogen-bond donors (Lipinski definition) is 0. The number of unbranched alkanes of at least 4 members (excludes halogenated alkanes) is 7. The number of rotatable bonds is 16. The van der Waals surface area contributed by atoms with Gasteiger partial charge in [-0.25, -0.2) is 0 Å². The molecular weight excluding hydrogens is 460 g/mol. The fraction of sp³-hybridized carbons (Fsp3) is 0.517. The van der Waals surface area contributed by atoms with E-state index in [-0.39, 0.29) is 29.4 Å². The van der Waals surface area contributed by atoms with E-state index in [4.69, 9.17) is 23.7 Å². The van der Waals surface area contributed by atoms with Crippen LogP contribution >= 0.6 is 0 Å². The van der Waals surface area contributed by atoms with Gasteiger partial charge in [0.05, 0.1) is 20.8 Å². The predicted molar refractivity (Wildman–Crippen MR) is 135 cm³/mol. The summed E-state index contributed by atoms with van der Waals surface area (Å²) in [4.78, 5) is 25.1. The zero-order valence-electron chi connectivity index (χ0n) is 21.7. The van der Waals surface area contributed by atoms with Crippen LogP contribution in [-0.2, 0) is 39.7 Å². The number of methoxy groups -OCH3 is 2. The molecule has 1 aromatic rings. The molecule has 0 N–H and O–H groups in total. The molecule has 3 rings (SSSR count). The summed E-state index contributed by atoms with van der Waals surface area (Å²) >= 11 is 0. The van der Waals surface area contributed by atoms with Gasteiger partial charge in [-0.3, -0.25) is 9.59 Å². The van der Waals surface area contributed by atoms with Crippen molar-refractivity contribution in [3.05, 3.63) is 70.8 Å². The molecule has 0 amide bonds. The molecule has 1 heterocycles. The van der Waals surface area contributed by atoms with Crippen LogP contribution in [0.2, 0.25) is 0 Å². The summed E-state index contributed by atoms with van der Waals surface area (Å²) in [6, 6.07) is 10.1. The van der Waals surface area contributed by atoms with Gasteiger partial charge in [-0.1, -0.05) is 68.9 Å². The van der Waals surface area contributed by atoms with Crippen LogP contribution < -0.4 is 0 Å². The number of hydrogen-bond acceptors (Lipinski definition) is 7. The molecule has 1 aliphatic carbocycles. The van der Waals surface area contributed by atoms with E-state index in [1.165, 1.54) is 26.2 Å². The first-order chi connectivity index (χ1) is 17.5. The van der Waals surface area contributed by atoms with Crippen molar-refractivity contribution in [3.63, 3.8) is 0 Å². The van der Waals surface area contributed by atoms with E-state index in [2.05, 4.69) is 12.1 Å². The van der Waals surface area contributed by atoms with Crippen molar-refractivity contribution in [2.75, 3.05) is 20.8 Å². The second-order valence-corrected chi connectivity index (χ2v) is 9.07.